The van der Waals surface area contributed by atoms with Crippen molar-refractivity contribution in [3.8, 4) is 11.1 Å². The topological polar surface area (TPSA) is 59.0 Å². The van der Waals surface area contributed by atoms with Crippen LogP contribution in [0.5, 0.6) is 0 Å². The molecule has 0 saturated heterocycles. The largest absolute Gasteiger partial charge is 0.336 e. The van der Waals surface area contributed by atoms with E-state index >= 15 is 0 Å². The van der Waals surface area contributed by atoms with Crippen molar-refractivity contribution in [1.29, 1.82) is 0 Å². The Bertz CT molecular complexity index is 904. The number of nitrogens with one attached hydrogen (secondary N) is 2. The minimum Gasteiger partial charge on any atom is -0.336 e. The molecule has 0 unspecified atom stereocenters. The smallest absolute Gasteiger partial charge is 0.315 e. The van der Waals surface area contributed by atoms with Crippen LogP contribution in [-0.2, 0) is 13.1 Å². The van der Waals surface area contributed by atoms with Crippen LogP contribution in [-0.4, -0.2) is 22.4 Å². The van der Waals surface area contributed by atoms with Gasteiger partial charge in [0, 0.05) is 29.4 Å². The molecule has 2 aromatic carbocycles. The highest BCUT2D eigenvalue weighted by molar-refractivity contribution is 6.30. The molecule has 0 aliphatic heterocycles. The highest BCUT2D eigenvalue weighted by Crippen LogP contribution is 2.26. The van der Waals surface area contributed by atoms with Crippen molar-refractivity contribution >= 4 is 17.6 Å². The van der Waals surface area contributed by atoms with Crippen molar-refractivity contribution in [2.24, 2.45) is 0 Å². The molecular weight excluding hydrogens is 360 g/mol. The third-order valence-corrected chi connectivity index (χ3v) is 4.67. The normalized spacial score (nSPS) is 10.6. The number of halogens is 1. The summed E-state index contributed by atoms with van der Waals surface area (Å²) in [6.07, 6.45) is 0. The predicted molar refractivity (Wildman–Crippen MR) is 109 cm³/mol. The van der Waals surface area contributed by atoms with Crippen LogP contribution in [0.4, 0.5) is 4.79 Å². The van der Waals surface area contributed by atoms with Gasteiger partial charge in [0.05, 0.1) is 12.2 Å². The Hall–Kier alpha value is -2.79. The van der Waals surface area contributed by atoms with E-state index in [1.165, 1.54) is 0 Å². The molecule has 140 valence electrons. The van der Waals surface area contributed by atoms with Gasteiger partial charge in [-0.05, 0) is 37.1 Å². The summed E-state index contributed by atoms with van der Waals surface area (Å²) in [5.74, 6) is 0. The SMILES string of the molecule is Cc1nn(CCNC(=O)NCc2ccc(Cl)cc2)c(C)c1-c1ccccc1. The standard InChI is InChI=1S/C21H23ClN4O/c1-15-20(18-6-4-3-5-7-18)16(2)26(25-15)13-12-23-21(27)24-14-17-8-10-19(22)11-9-17/h3-11H,12-14H2,1-2H3,(H2,23,24,27). The van der Waals surface area contributed by atoms with E-state index in [9.17, 15) is 4.79 Å². The monoisotopic (exact) mass is 382 g/mol. The highest BCUT2D eigenvalue weighted by Gasteiger charge is 2.13. The maximum absolute atomic E-state index is 12.0. The minimum absolute atomic E-state index is 0.199. The molecule has 0 saturated carbocycles. The fourth-order valence-electron chi connectivity index (χ4n) is 3.06. The molecule has 0 bridgehead atoms. The second-order valence-corrected chi connectivity index (χ2v) is 6.81. The first-order valence-corrected chi connectivity index (χ1v) is 9.28. The molecule has 3 rings (SSSR count). The Labute approximate surface area is 164 Å². The van der Waals surface area contributed by atoms with Gasteiger partial charge in [-0.1, -0.05) is 54.1 Å². The molecule has 6 heteroatoms. The Balaban J connectivity index is 1.52. The van der Waals surface area contributed by atoms with Gasteiger partial charge >= 0.3 is 6.03 Å². The van der Waals surface area contributed by atoms with E-state index in [1.54, 1.807) is 0 Å². The van der Waals surface area contributed by atoms with Gasteiger partial charge in [0.1, 0.15) is 0 Å². The Morgan fingerprint density at radius 1 is 1.04 bits per heavy atom. The molecule has 1 heterocycles. The third kappa shape index (κ3) is 4.89. The summed E-state index contributed by atoms with van der Waals surface area (Å²) in [5.41, 5.74) is 5.41. The molecule has 2 N–H and O–H groups in total. The summed E-state index contributed by atoms with van der Waals surface area (Å²) in [5, 5.41) is 11.0. The molecule has 0 aliphatic carbocycles. The van der Waals surface area contributed by atoms with E-state index in [2.05, 4.69) is 34.8 Å². The first kappa shape index (κ1) is 19.0. The van der Waals surface area contributed by atoms with Crippen LogP contribution in [0.3, 0.4) is 0 Å². The van der Waals surface area contributed by atoms with Gasteiger partial charge in [-0.2, -0.15) is 5.10 Å². The Morgan fingerprint density at radius 2 is 1.74 bits per heavy atom. The lowest BCUT2D eigenvalue weighted by Crippen LogP contribution is -2.37. The van der Waals surface area contributed by atoms with Crippen molar-refractivity contribution in [1.82, 2.24) is 20.4 Å². The first-order chi connectivity index (χ1) is 13.0. The number of urea groups is 1. The zero-order valence-corrected chi connectivity index (χ0v) is 16.3. The number of carbonyl (C=O) groups excluding carboxylic acids is 1. The number of benzene rings is 2. The van der Waals surface area contributed by atoms with Crippen molar-refractivity contribution in [3.63, 3.8) is 0 Å². The van der Waals surface area contributed by atoms with Gasteiger partial charge in [0.25, 0.3) is 0 Å². The number of rotatable bonds is 6. The number of amides is 2. The molecule has 0 fully saturated rings. The summed E-state index contributed by atoms with van der Waals surface area (Å²) in [4.78, 5) is 12.0. The molecular formula is C21H23ClN4O. The molecule has 0 aliphatic rings. The maximum atomic E-state index is 12.0. The van der Waals surface area contributed by atoms with Gasteiger partial charge in [-0.3, -0.25) is 4.68 Å². The number of aryl methyl sites for hydroxylation is 1. The second-order valence-electron chi connectivity index (χ2n) is 6.37. The minimum atomic E-state index is -0.199. The average Bonchev–Trinajstić information content (AvgIpc) is 2.95. The van der Waals surface area contributed by atoms with E-state index < -0.39 is 0 Å². The first-order valence-electron chi connectivity index (χ1n) is 8.90. The highest BCUT2D eigenvalue weighted by atomic mass is 35.5. The number of nitrogens with zero attached hydrogens (tertiary/aromatic N) is 2. The summed E-state index contributed by atoms with van der Waals surface area (Å²) in [6.45, 7) is 5.65. The van der Waals surface area contributed by atoms with Crippen LogP contribution in [0.25, 0.3) is 11.1 Å². The van der Waals surface area contributed by atoms with E-state index in [1.807, 2.05) is 54.1 Å². The van der Waals surface area contributed by atoms with Crippen molar-refractivity contribution in [3.05, 3.63) is 76.6 Å². The van der Waals surface area contributed by atoms with Crippen LogP contribution >= 0.6 is 11.6 Å². The Kier molecular flexibility index (Phi) is 6.14. The lowest BCUT2D eigenvalue weighted by Gasteiger charge is -2.09. The zero-order chi connectivity index (χ0) is 19.2. The zero-order valence-electron chi connectivity index (χ0n) is 15.5. The van der Waals surface area contributed by atoms with Crippen molar-refractivity contribution in [2.45, 2.75) is 26.9 Å². The number of carbonyl (C=O) groups is 1. The third-order valence-electron chi connectivity index (χ3n) is 4.42. The summed E-state index contributed by atoms with van der Waals surface area (Å²) in [7, 11) is 0. The summed E-state index contributed by atoms with van der Waals surface area (Å²) < 4.78 is 1.94. The van der Waals surface area contributed by atoms with Gasteiger partial charge in [0.2, 0.25) is 0 Å². The number of hydrogen-bond acceptors (Lipinski definition) is 2. The molecule has 27 heavy (non-hydrogen) atoms. The quantitative estimate of drug-likeness (QED) is 0.667. The molecule has 5 nitrogen and oxygen atoms in total. The Morgan fingerprint density at radius 3 is 2.44 bits per heavy atom. The second kappa shape index (κ2) is 8.73. The van der Waals surface area contributed by atoms with Crippen molar-refractivity contribution < 1.29 is 4.79 Å². The summed E-state index contributed by atoms with van der Waals surface area (Å²) in [6, 6.07) is 17.4. The van der Waals surface area contributed by atoms with Gasteiger partial charge < -0.3 is 10.6 Å². The van der Waals surface area contributed by atoms with Crippen LogP contribution in [0.15, 0.2) is 54.6 Å². The average molecular weight is 383 g/mol. The van der Waals surface area contributed by atoms with E-state index in [0.717, 1.165) is 28.1 Å². The predicted octanol–water partition coefficient (Wildman–Crippen LogP) is 4.32. The van der Waals surface area contributed by atoms with E-state index in [4.69, 9.17) is 11.6 Å². The summed E-state index contributed by atoms with van der Waals surface area (Å²) >= 11 is 5.86. The van der Waals surface area contributed by atoms with Gasteiger partial charge in [-0.25, -0.2) is 4.79 Å². The molecule has 2 amide bonds. The number of aromatic nitrogens is 2. The molecule has 1 aromatic heterocycles. The van der Waals surface area contributed by atoms with Crippen LogP contribution < -0.4 is 10.6 Å². The van der Waals surface area contributed by atoms with E-state index in [-0.39, 0.29) is 6.03 Å². The van der Waals surface area contributed by atoms with Crippen LogP contribution in [0, 0.1) is 13.8 Å². The van der Waals surface area contributed by atoms with Crippen LogP contribution in [0.2, 0.25) is 5.02 Å². The maximum Gasteiger partial charge on any atom is 0.315 e. The fourth-order valence-corrected chi connectivity index (χ4v) is 3.19. The molecule has 0 spiro atoms. The van der Waals surface area contributed by atoms with E-state index in [0.29, 0.717) is 24.7 Å². The lowest BCUT2D eigenvalue weighted by atomic mass is 10.0. The molecule has 3 aromatic rings. The molecule has 0 atom stereocenters. The fraction of sp³-hybridized carbons (Fsp3) is 0.238. The van der Waals surface area contributed by atoms with Gasteiger partial charge in [-0.15, -0.1) is 0 Å². The number of hydrogen-bond donors (Lipinski definition) is 2. The van der Waals surface area contributed by atoms with Crippen molar-refractivity contribution in [2.75, 3.05) is 6.54 Å². The van der Waals surface area contributed by atoms with Gasteiger partial charge in [0.15, 0.2) is 0 Å². The lowest BCUT2D eigenvalue weighted by molar-refractivity contribution is 0.240. The van der Waals surface area contributed by atoms with Crippen LogP contribution in [0.1, 0.15) is 17.0 Å². The molecule has 0 radical (unpaired) electrons.